The molecule has 0 aromatic heterocycles. The van der Waals surface area contributed by atoms with E-state index < -0.39 is 0 Å². The van der Waals surface area contributed by atoms with Gasteiger partial charge in [0.05, 0.1) is 6.54 Å². The van der Waals surface area contributed by atoms with Crippen LogP contribution < -0.4 is 4.90 Å². The van der Waals surface area contributed by atoms with E-state index in [2.05, 4.69) is 4.99 Å². The molecule has 0 N–H and O–H groups in total. The number of thioether (sulfide) groups is 1. The third-order valence-electron chi connectivity index (χ3n) is 3.83. The Kier molecular flexibility index (Phi) is 5.30. The van der Waals surface area contributed by atoms with Crippen molar-refractivity contribution in [2.24, 2.45) is 4.99 Å². The molecule has 0 saturated carbocycles. The monoisotopic (exact) mass is 342 g/mol. The smallest absolute Gasteiger partial charge is 0.182 e. The number of carbonyl (C=O) groups excluding carboxylic acids is 1. The zero-order chi connectivity index (χ0) is 16.9. The van der Waals surface area contributed by atoms with Gasteiger partial charge in [0.1, 0.15) is 5.82 Å². The molecule has 0 unspecified atom stereocenters. The Morgan fingerprint density at radius 2 is 1.88 bits per heavy atom. The number of carbonyl (C=O) groups is 1. The molecule has 0 radical (unpaired) electrons. The molecule has 0 amide bonds. The van der Waals surface area contributed by atoms with Crippen molar-refractivity contribution in [2.45, 2.75) is 13.3 Å². The first-order chi connectivity index (χ1) is 11.6. The Labute approximate surface area is 145 Å². The van der Waals surface area contributed by atoms with Crippen LogP contribution in [0.3, 0.4) is 0 Å². The number of aliphatic imine (C=N–C) groups is 1. The molecule has 24 heavy (non-hydrogen) atoms. The van der Waals surface area contributed by atoms with E-state index in [9.17, 15) is 9.18 Å². The minimum atomic E-state index is -0.339. The molecule has 0 aliphatic carbocycles. The highest BCUT2D eigenvalue weighted by molar-refractivity contribution is 8.14. The topological polar surface area (TPSA) is 32.7 Å². The number of Topliss-reactive ketones (excluding diaryl/α,β-unsaturated/α-hetero) is 1. The summed E-state index contributed by atoms with van der Waals surface area (Å²) in [6.45, 7) is 3.01. The van der Waals surface area contributed by atoms with Crippen LogP contribution in [0.4, 0.5) is 10.1 Å². The van der Waals surface area contributed by atoms with Crippen LogP contribution in [-0.2, 0) is 0 Å². The Morgan fingerprint density at radius 3 is 2.50 bits per heavy atom. The third-order valence-corrected chi connectivity index (χ3v) is 4.93. The maximum absolute atomic E-state index is 13.1. The van der Waals surface area contributed by atoms with E-state index in [1.807, 2.05) is 36.1 Å². The fourth-order valence-corrected chi connectivity index (χ4v) is 3.44. The average Bonchev–Trinajstić information content (AvgIpc) is 2.62. The summed E-state index contributed by atoms with van der Waals surface area (Å²) in [6, 6.07) is 13.8. The second-order valence-corrected chi connectivity index (χ2v) is 6.78. The first-order valence-electron chi connectivity index (χ1n) is 7.94. The van der Waals surface area contributed by atoms with Crippen LogP contribution in [-0.4, -0.2) is 29.8 Å². The highest BCUT2D eigenvalue weighted by Crippen LogP contribution is 2.23. The summed E-state index contributed by atoms with van der Waals surface area (Å²) >= 11 is 1.67. The number of rotatable bonds is 4. The molecule has 0 fully saturated rings. The predicted molar refractivity (Wildman–Crippen MR) is 98.6 cm³/mol. The number of anilines is 1. The number of amidine groups is 1. The van der Waals surface area contributed by atoms with E-state index in [1.54, 1.807) is 11.8 Å². The lowest BCUT2D eigenvalue weighted by Gasteiger charge is -2.27. The van der Waals surface area contributed by atoms with Gasteiger partial charge in [0.15, 0.2) is 11.0 Å². The van der Waals surface area contributed by atoms with Gasteiger partial charge in [-0.2, -0.15) is 0 Å². The van der Waals surface area contributed by atoms with Crippen molar-refractivity contribution >= 4 is 28.4 Å². The maximum Gasteiger partial charge on any atom is 0.182 e. The number of ketones is 1. The number of halogens is 1. The number of hydrogen-bond acceptors (Lipinski definition) is 4. The SMILES string of the molecule is Cc1ccc(N(CC(=O)c2ccc(F)cc2)C2=NCCCS2)cc1. The van der Waals surface area contributed by atoms with Crippen LogP contribution in [0, 0.1) is 12.7 Å². The summed E-state index contributed by atoms with van der Waals surface area (Å²) in [7, 11) is 0. The molecule has 1 aliphatic rings. The van der Waals surface area contributed by atoms with E-state index in [4.69, 9.17) is 0 Å². The Morgan fingerprint density at radius 1 is 1.17 bits per heavy atom. The van der Waals surface area contributed by atoms with E-state index in [-0.39, 0.29) is 18.1 Å². The van der Waals surface area contributed by atoms with Gasteiger partial charge in [-0.25, -0.2) is 4.39 Å². The van der Waals surface area contributed by atoms with Crippen molar-refractivity contribution in [2.75, 3.05) is 23.7 Å². The lowest BCUT2D eigenvalue weighted by Crippen LogP contribution is -2.35. The van der Waals surface area contributed by atoms with E-state index in [1.165, 1.54) is 29.8 Å². The lowest BCUT2D eigenvalue weighted by molar-refractivity contribution is 0.100. The molecular formula is C19H19FN2OS. The van der Waals surface area contributed by atoms with E-state index in [0.717, 1.165) is 29.6 Å². The van der Waals surface area contributed by atoms with Gasteiger partial charge in [-0.1, -0.05) is 29.5 Å². The number of benzene rings is 2. The van der Waals surface area contributed by atoms with Gasteiger partial charge >= 0.3 is 0 Å². The molecular weight excluding hydrogens is 323 g/mol. The van der Waals surface area contributed by atoms with Gasteiger partial charge in [0, 0.05) is 23.5 Å². The lowest BCUT2D eigenvalue weighted by atomic mass is 10.1. The summed E-state index contributed by atoms with van der Waals surface area (Å²) in [5.74, 6) is 0.616. The Bertz CT molecular complexity index is 741. The first kappa shape index (κ1) is 16.7. The van der Waals surface area contributed by atoms with Crippen LogP contribution in [0.5, 0.6) is 0 Å². The first-order valence-corrected chi connectivity index (χ1v) is 8.92. The highest BCUT2D eigenvalue weighted by Gasteiger charge is 2.20. The molecule has 0 saturated heterocycles. The maximum atomic E-state index is 13.1. The summed E-state index contributed by atoms with van der Waals surface area (Å²) in [6.07, 6.45) is 1.06. The van der Waals surface area contributed by atoms with E-state index >= 15 is 0 Å². The van der Waals surface area contributed by atoms with Crippen LogP contribution in [0.25, 0.3) is 0 Å². The van der Waals surface area contributed by atoms with Gasteiger partial charge in [0.25, 0.3) is 0 Å². The van der Waals surface area contributed by atoms with Crippen LogP contribution in [0.15, 0.2) is 53.5 Å². The fraction of sp³-hybridized carbons (Fsp3) is 0.263. The van der Waals surface area contributed by atoms with Gasteiger partial charge in [-0.05, 0) is 49.7 Å². The number of nitrogens with zero attached hydrogens (tertiary/aromatic N) is 2. The quantitative estimate of drug-likeness (QED) is 0.776. The standard InChI is InChI=1S/C19H19FN2OS/c1-14-3-9-17(10-4-14)22(19-21-11-2-12-24-19)13-18(23)15-5-7-16(20)8-6-15/h3-10H,2,11-13H2,1H3. The minimum absolute atomic E-state index is 0.0514. The van der Waals surface area contributed by atoms with Gasteiger partial charge < -0.3 is 4.90 Å². The molecule has 0 atom stereocenters. The minimum Gasteiger partial charge on any atom is -0.313 e. The Hall–Kier alpha value is -2.14. The second kappa shape index (κ2) is 7.62. The molecule has 124 valence electrons. The molecule has 3 rings (SSSR count). The van der Waals surface area contributed by atoms with E-state index in [0.29, 0.717) is 5.56 Å². The largest absolute Gasteiger partial charge is 0.313 e. The number of aryl methyl sites for hydroxylation is 1. The molecule has 1 heterocycles. The van der Waals surface area contributed by atoms with Crippen molar-refractivity contribution in [3.8, 4) is 0 Å². The van der Waals surface area contributed by atoms with Crippen molar-refractivity contribution in [3.05, 3.63) is 65.5 Å². The zero-order valence-electron chi connectivity index (χ0n) is 13.5. The fourth-order valence-electron chi connectivity index (χ4n) is 2.48. The molecule has 5 heteroatoms. The highest BCUT2D eigenvalue weighted by atomic mass is 32.2. The van der Waals surface area contributed by atoms with Crippen molar-refractivity contribution in [3.63, 3.8) is 0 Å². The van der Waals surface area contributed by atoms with Gasteiger partial charge in [-0.15, -0.1) is 0 Å². The van der Waals surface area contributed by atoms with Crippen molar-refractivity contribution in [1.82, 2.24) is 0 Å². The van der Waals surface area contributed by atoms with Crippen LogP contribution in [0.2, 0.25) is 0 Å². The van der Waals surface area contributed by atoms with Crippen molar-refractivity contribution < 1.29 is 9.18 Å². The van der Waals surface area contributed by atoms with Crippen LogP contribution in [0.1, 0.15) is 22.3 Å². The molecule has 0 spiro atoms. The average molecular weight is 342 g/mol. The molecule has 2 aromatic rings. The summed E-state index contributed by atoms with van der Waals surface area (Å²) in [5.41, 5.74) is 2.63. The number of hydrogen-bond donors (Lipinski definition) is 0. The van der Waals surface area contributed by atoms with Crippen molar-refractivity contribution in [1.29, 1.82) is 0 Å². The summed E-state index contributed by atoms with van der Waals surface area (Å²) in [5, 5.41) is 0.876. The molecule has 3 nitrogen and oxygen atoms in total. The zero-order valence-corrected chi connectivity index (χ0v) is 14.4. The Balaban J connectivity index is 1.86. The van der Waals surface area contributed by atoms with Gasteiger partial charge in [-0.3, -0.25) is 9.79 Å². The second-order valence-electron chi connectivity index (χ2n) is 5.72. The molecule has 2 aromatic carbocycles. The predicted octanol–water partition coefficient (Wildman–Crippen LogP) is 4.32. The normalized spacial score (nSPS) is 14.2. The third kappa shape index (κ3) is 4.03. The molecule has 1 aliphatic heterocycles. The summed E-state index contributed by atoms with van der Waals surface area (Å²) in [4.78, 5) is 19.2. The summed E-state index contributed by atoms with van der Waals surface area (Å²) < 4.78 is 13.1. The van der Waals surface area contributed by atoms with Crippen LogP contribution >= 0.6 is 11.8 Å². The molecule has 0 bridgehead atoms. The van der Waals surface area contributed by atoms with Gasteiger partial charge in [0.2, 0.25) is 0 Å².